The summed E-state index contributed by atoms with van der Waals surface area (Å²) >= 11 is 0. The van der Waals surface area contributed by atoms with Gasteiger partial charge >= 0.3 is 0 Å². The first-order valence-corrected chi connectivity index (χ1v) is 7.08. The number of hydrogen-bond acceptors (Lipinski definition) is 5. The highest BCUT2D eigenvalue weighted by molar-refractivity contribution is 7.90. The lowest BCUT2D eigenvalue weighted by Crippen LogP contribution is -2.15. The molecule has 0 bridgehead atoms. The van der Waals surface area contributed by atoms with Crippen molar-refractivity contribution in [3.63, 3.8) is 0 Å². The number of rotatable bonds is 6. The predicted octanol–water partition coefficient (Wildman–Crippen LogP) is -1.06. The molecule has 0 aromatic heterocycles. The summed E-state index contributed by atoms with van der Waals surface area (Å²) in [5.41, 5.74) is 0. The highest BCUT2D eigenvalue weighted by Gasteiger charge is 2.05. The van der Waals surface area contributed by atoms with Crippen LogP contribution in [-0.2, 0) is 24.7 Å². The predicted molar refractivity (Wildman–Crippen MR) is 46.9 cm³/mol. The van der Waals surface area contributed by atoms with E-state index in [9.17, 15) is 16.8 Å². The first-order chi connectivity index (χ1) is 5.71. The Hall–Kier alpha value is -0.180. The first-order valence-electron chi connectivity index (χ1n) is 3.41. The fraction of sp³-hybridized carbons (Fsp3) is 1.00. The monoisotopic (exact) mass is 232 g/mol. The van der Waals surface area contributed by atoms with Crippen molar-refractivity contribution in [2.75, 3.05) is 31.0 Å². The molecule has 0 spiro atoms. The SMILES string of the molecule is CS(=O)(=O)CCOCCS(=O)(=O)O. The molecule has 80 valence electrons. The van der Waals surface area contributed by atoms with Crippen LogP contribution >= 0.6 is 0 Å². The van der Waals surface area contributed by atoms with Gasteiger partial charge in [0, 0.05) is 6.26 Å². The second-order valence-electron chi connectivity index (χ2n) is 2.53. The summed E-state index contributed by atoms with van der Waals surface area (Å²) in [6, 6.07) is 0. The Morgan fingerprint density at radius 3 is 1.92 bits per heavy atom. The van der Waals surface area contributed by atoms with Crippen LogP contribution in [0.3, 0.4) is 0 Å². The van der Waals surface area contributed by atoms with Crippen LogP contribution in [0.15, 0.2) is 0 Å². The maximum absolute atomic E-state index is 10.5. The van der Waals surface area contributed by atoms with E-state index in [1.807, 2.05) is 0 Å². The zero-order valence-corrected chi connectivity index (χ0v) is 8.77. The van der Waals surface area contributed by atoms with Gasteiger partial charge in [-0.15, -0.1) is 0 Å². The van der Waals surface area contributed by atoms with Gasteiger partial charge in [0.05, 0.1) is 24.7 Å². The van der Waals surface area contributed by atoms with E-state index in [1.54, 1.807) is 0 Å². The van der Waals surface area contributed by atoms with E-state index in [2.05, 4.69) is 4.74 Å². The second kappa shape index (κ2) is 4.89. The fourth-order valence-electron chi connectivity index (χ4n) is 0.477. The third-order valence-electron chi connectivity index (χ3n) is 1.08. The summed E-state index contributed by atoms with van der Waals surface area (Å²) in [5, 5.41) is 0. The molecule has 13 heavy (non-hydrogen) atoms. The van der Waals surface area contributed by atoms with Crippen LogP contribution in [0.25, 0.3) is 0 Å². The Morgan fingerprint density at radius 2 is 1.54 bits per heavy atom. The molecule has 0 saturated carbocycles. The minimum atomic E-state index is -4.01. The lowest BCUT2D eigenvalue weighted by molar-refractivity contribution is 0.163. The zero-order valence-electron chi connectivity index (χ0n) is 7.13. The molecule has 1 N–H and O–H groups in total. The Balaban J connectivity index is 3.50. The molecular weight excluding hydrogens is 220 g/mol. The molecular formula is C5H12O6S2. The van der Waals surface area contributed by atoms with Crippen molar-refractivity contribution in [1.29, 1.82) is 0 Å². The van der Waals surface area contributed by atoms with Gasteiger partial charge in [-0.05, 0) is 0 Å². The first kappa shape index (κ1) is 12.8. The topological polar surface area (TPSA) is 97.7 Å². The van der Waals surface area contributed by atoms with Gasteiger partial charge in [-0.3, -0.25) is 4.55 Å². The molecule has 0 aromatic rings. The van der Waals surface area contributed by atoms with Crippen LogP contribution in [0.4, 0.5) is 0 Å². The maximum Gasteiger partial charge on any atom is 0.267 e. The molecule has 0 fully saturated rings. The fourth-order valence-corrected chi connectivity index (χ4v) is 1.23. The highest BCUT2D eigenvalue weighted by Crippen LogP contribution is 1.86. The molecule has 0 aromatic carbocycles. The summed E-state index contributed by atoms with van der Waals surface area (Å²) in [6.45, 7) is -0.261. The third-order valence-corrected chi connectivity index (χ3v) is 2.67. The van der Waals surface area contributed by atoms with Crippen molar-refractivity contribution < 1.29 is 26.1 Å². The average molecular weight is 232 g/mol. The van der Waals surface area contributed by atoms with Gasteiger partial charge in [-0.2, -0.15) is 8.42 Å². The smallest absolute Gasteiger partial charge is 0.267 e. The van der Waals surface area contributed by atoms with Gasteiger partial charge < -0.3 is 4.74 Å². The van der Waals surface area contributed by atoms with Crippen molar-refractivity contribution in [3.8, 4) is 0 Å². The van der Waals surface area contributed by atoms with Gasteiger partial charge in [0.15, 0.2) is 0 Å². The summed E-state index contributed by atoms with van der Waals surface area (Å²) < 4.78 is 54.3. The van der Waals surface area contributed by atoms with Crippen LogP contribution in [0, 0.1) is 0 Å². The van der Waals surface area contributed by atoms with Crippen molar-refractivity contribution in [2.24, 2.45) is 0 Å². The summed E-state index contributed by atoms with van der Waals surface area (Å²) in [4.78, 5) is 0. The molecule has 0 amide bonds. The Labute approximate surface area is 77.6 Å². The molecule has 0 radical (unpaired) electrons. The lowest BCUT2D eigenvalue weighted by atomic mass is 10.8. The summed E-state index contributed by atoms with van der Waals surface area (Å²) in [6.07, 6.45) is 1.05. The number of sulfone groups is 1. The molecule has 0 aliphatic rings. The van der Waals surface area contributed by atoms with Gasteiger partial charge in [-0.1, -0.05) is 0 Å². The van der Waals surface area contributed by atoms with E-state index in [-0.39, 0.29) is 19.0 Å². The van der Waals surface area contributed by atoms with Crippen molar-refractivity contribution in [2.45, 2.75) is 0 Å². The molecule has 0 aliphatic carbocycles. The molecule has 6 nitrogen and oxygen atoms in total. The third kappa shape index (κ3) is 11.8. The van der Waals surface area contributed by atoms with E-state index in [4.69, 9.17) is 4.55 Å². The molecule has 0 rings (SSSR count). The molecule has 0 aliphatic heterocycles. The van der Waals surface area contributed by atoms with E-state index in [1.165, 1.54) is 0 Å². The van der Waals surface area contributed by atoms with Gasteiger partial charge in [0.1, 0.15) is 9.84 Å². The minimum absolute atomic E-state index is 0.0612. The van der Waals surface area contributed by atoms with Crippen molar-refractivity contribution in [3.05, 3.63) is 0 Å². The minimum Gasteiger partial charge on any atom is -0.379 e. The highest BCUT2D eigenvalue weighted by atomic mass is 32.2. The van der Waals surface area contributed by atoms with Crippen LogP contribution in [0.5, 0.6) is 0 Å². The van der Waals surface area contributed by atoms with Crippen LogP contribution in [-0.4, -0.2) is 52.4 Å². The second-order valence-corrected chi connectivity index (χ2v) is 6.36. The quantitative estimate of drug-likeness (QED) is 0.463. The summed E-state index contributed by atoms with van der Waals surface area (Å²) in [7, 11) is -7.09. The molecule has 0 atom stereocenters. The van der Waals surface area contributed by atoms with Crippen molar-refractivity contribution in [1.82, 2.24) is 0 Å². The maximum atomic E-state index is 10.5. The van der Waals surface area contributed by atoms with Gasteiger partial charge in [0.2, 0.25) is 0 Å². The number of hydrogen-bond donors (Lipinski definition) is 1. The molecule has 0 saturated heterocycles. The molecule has 0 unspecified atom stereocenters. The van der Waals surface area contributed by atoms with E-state index in [0.717, 1.165) is 6.26 Å². The van der Waals surface area contributed by atoms with E-state index < -0.39 is 25.7 Å². The van der Waals surface area contributed by atoms with E-state index >= 15 is 0 Å². The zero-order chi connectivity index (χ0) is 10.5. The Bertz CT molecular complexity index is 292. The Morgan fingerprint density at radius 1 is 1.08 bits per heavy atom. The normalized spacial score (nSPS) is 13.1. The largest absolute Gasteiger partial charge is 0.379 e. The average Bonchev–Trinajstić information content (AvgIpc) is 1.81. The Kier molecular flexibility index (Phi) is 4.82. The van der Waals surface area contributed by atoms with Crippen LogP contribution in [0.1, 0.15) is 0 Å². The number of ether oxygens (including phenoxy) is 1. The van der Waals surface area contributed by atoms with Gasteiger partial charge in [0.25, 0.3) is 10.1 Å². The summed E-state index contributed by atoms with van der Waals surface area (Å²) in [5.74, 6) is -0.671. The van der Waals surface area contributed by atoms with E-state index in [0.29, 0.717) is 0 Å². The van der Waals surface area contributed by atoms with Crippen LogP contribution < -0.4 is 0 Å². The van der Waals surface area contributed by atoms with Gasteiger partial charge in [-0.25, -0.2) is 8.42 Å². The van der Waals surface area contributed by atoms with Crippen molar-refractivity contribution >= 4 is 20.0 Å². The van der Waals surface area contributed by atoms with Crippen LogP contribution in [0.2, 0.25) is 0 Å². The lowest BCUT2D eigenvalue weighted by Gasteiger charge is -2.00. The molecule has 8 heteroatoms. The standard InChI is InChI=1S/C5H12O6S2/c1-12(6,7)4-2-11-3-5-13(8,9)10/h2-5H2,1H3,(H,8,9,10). The molecule has 0 heterocycles.